The number of hydrogen-bond acceptors (Lipinski definition) is 4. The maximum Gasteiger partial charge on any atom is 0.271 e. The fourth-order valence-corrected chi connectivity index (χ4v) is 2.80. The van der Waals surface area contributed by atoms with Gasteiger partial charge in [0.1, 0.15) is 0 Å². The second-order valence-corrected chi connectivity index (χ2v) is 5.17. The highest BCUT2D eigenvalue weighted by atomic mass is 16.6. The van der Waals surface area contributed by atoms with Crippen molar-refractivity contribution in [2.45, 2.75) is 31.6 Å². The van der Waals surface area contributed by atoms with Gasteiger partial charge in [0.25, 0.3) is 5.69 Å². The van der Waals surface area contributed by atoms with Gasteiger partial charge in [-0.2, -0.15) is 5.10 Å². The van der Waals surface area contributed by atoms with Crippen LogP contribution in [-0.2, 0) is 0 Å². The third-order valence-electron chi connectivity index (χ3n) is 3.82. The molecule has 0 spiro atoms. The number of anilines is 1. The lowest BCUT2D eigenvalue weighted by Gasteiger charge is -2.05. The van der Waals surface area contributed by atoms with Crippen LogP contribution in [0, 0.1) is 10.1 Å². The Morgan fingerprint density at radius 1 is 1.35 bits per heavy atom. The zero-order valence-electron chi connectivity index (χ0n) is 11.0. The SMILES string of the molecule is Nc1cn(-c2cccc([N+](=O)[O-])c2)nc1C1CCCC1. The molecule has 1 aliphatic rings. The van der Waals surface area contributed by atoms with Crippen LogP contribution in [0.4, 0.5) is 11.4 Å². The van der Waals surface area contributed by atoms with Crippen LogP contribution in [0.1, 0.15) is 37.3 Å². The number of nitrogen functional groups attached to an aromatic ring is 1. The molecule has 1 saturated carbocycles. The summed E-state index contributed by atoms with van der Waals surface area (Å²) in [6, 6.07) is 6.41. The molecule has 6 nitrogen and oxygen atoms in total. The van der Waals surface area contributed by atoms with Gasteiger partial charge in [0.2, 0.25) is 0 Å². The zero-order chi connectivity index (χ0) is 14.1. The van der Waals surface area contributed by atoms with Crippen molar-refractivity contribution < 1.29 is 4.92 Å². The first-order chi connectivity index (χ1) is 9.65. The number of hydrogen-bond donors (Lipinski definition) is 1. The Morgan fingerprint density at radius 2 is 2.10 bits per heavy atom. The van der Waals surface area contributed by atoms with Crippen molar-refractivity contribution in [2.24, 2.45) is 0 Å². The number of nitrogens with two attached hydrogens (primary N) is 1. The van der Waals surface area contributed by atoms with E-state index in [0.717, 1.165) is 18.5 Å². The van der Waals surface area contributed by atoms with Gasteiger partial charge in [-0.3, -0.25) is 10.1 Å². The van der Waals surface area contributed by atoms with E-state index in [1.54, 1.807) is 23.0 Å². The van der Waals surface area contributed by atoms with Crippen LogP contribution >= 0.6 is 0 Å². The predicted molar refractivity (Wildman–Crippen MR) is 75.8 cm³/mol. The molecule has 0 atom stereocenters. The topological polar surface area (TPSA) is 87.0 Å². The van der Waals surface area contributed by atoms with Crippen molar-refractivity contribution >= 4 is 11.4 Å². The van der Waals surface area contributed by atoms with E-state index < -0.39 is 4.92 Å². The van der Waals surface area contributed by atoms with E-state index in [-0.39, 0.29) is 5.69 Å². The van der Waals surface area contributed by atoms with Gasteiger partial charge in [-0.1, -0.05) is 18.9 Å². The molecule has 0 radical (unpaired) electrons. The Bertz CT molecular complexity index is 644. The average Bonchev–Trinajstić information content (AvgIpc) is 3.07. The molecular formula is C14H16N4O2. The van der Waals surface area contributed by atoms with Crippen LogP contribution in [0.2, 0.25) is 0 Å². The molecule has 0 unspecified atom stereocenters. The summed E-state index contributed by atoms with van der Waals surface area (Å²) < 4.78 is 1.63. The predicted octanol–water partition coefficient (Wildman–Crippen LogP) is 3.02. The second-order valence-electron chi connectivity index (χ2n) is 5.17. The Labute approximate surface area is 116 Å². The Hall–Kier alpha value is -2.37. The molecule has 0 aliphatic heterocycles. The smallest absolute Gasteiger partial charge is 0.271 e. The molecule has 3 rings (SSSR count). The summed E-state index contributed by atoms with van der Waals surface area (Å²) >= 11 is 0. The van der Waals surface area contributed by atoms with Gasteiger partial charge in [0.05, 0.1) is 28.2 Å². The van der Waals surface area contributed by atoms with Gasteiger partial charge < -0.3 is 5.73 Å². The second kappa shape index (κ2) is 4.96. The van der Waals surface area contributed by atoms with Crippen molar-refractivity contribution in [3.63, 3.8) is 0 Å². The summed E-state index contributed by atoms with van der Waals surface area (Å²) in [5.74, 6) is 0.426. The molecule has 2 N–H and O–H groups in total. The lowest BCUT2D eigenvalue weighted by molar-refractivity contribution is -0.384. The van der Waals surface area contributed by atoms with Crippen molar-refractivity contribution in [1.29, 1.82) is 0 Å². The van der Waals surface area contributed by atoms with Crippen molar-refractivity contribution in [3.8, 4) is 5.69 Å². The van der Waals surface area contributed by atoms with Crippen molar-refractivity contribution in [1.82, 2.24) is 9.78 Å². The number of non-ortho nitro benzene ring substituents is 1. The number of rotatable bonds is 3. The molecule has 1 heterocycles. The van der Waals surface area contributed by atoms with Crippen LogP contribution in [0.15, 0.2) is 30.5 Å². The number of aromatic nitrogens is 2. The van der Waals surface area contributed by atoms with Gasteiger partial charge in [-0.05, 0) is 18.9 Å². The molecular weight excluding hydrogens is 256 g/mol. The summed E-state index contributed by atoms with van der Waals surface area (Å²) in [4.78, 5) is 10.4. The minimum Gasteiger partial charge on any atom is -0.396 e. The maximum atomic E-state index is 10.8. The van der Waals surface area contributed by atoms with Crippen LogP contribution in [-0.4, -0.2) is 14.7 Å². The lowest BCUT2D eigenvalue weighted by Crippen LogP contribution is -2.00. The molecule has 1 fully saturated rings. The van der Waals surface area contributed by atoms with Crippen LogP contribution in [0.5, 0.6) is 0 Å². The molecule has 0 saturated heterocycles. The summed E-state index contributed by atoms with van der Waals surface area (Å²) in [6.07, 6.45) is 6.42. The standard InChI is InChI=1S/C14H16N4O2/c15-13-9-17(16-14(13)10-4-1-2-5-10)11-6-3-7-12(8-11)18(19)20/h3,6-10H,1-2,4-5,15H2. The molecule has 2 aromatic rings. The van der Waals surface area contributed by atoms with Crippen molar-refractivity contribution in [2.75, 3.05) is 5.73 Å². The lowest BCUT2D eigenvalue weighted by atomic mass is 10.0. The van der Waals surface area contributed by atoms with Gasteiger partial charge in [-0.15, -0.1) is 0 Å². The van der Waals surface area contributed by atoms with Gasteiger partial charge in [0.15, 0.2) is 0 Å². The first-order valence-electron chi connectivity index (χ1n) is 6.75. The Balaban J connectivity index is 1.96. The molecule has 20 heavy (non-hydrogen) atoms. The zero-order valence-corrected chi connectivity index (χ0v) is 11.0. The fraction of sp³-hybridized carbons (Fsp3) is 0.357. The summed E-state index contributed by atoms with van der Waals surface area (Å²) in [5.41, 5.74) is 8.35. The third-order valence-corrected chi connectivity index (χ3v) is 3.82. The van der Waals surface area contributed by atoms with E-state index >= 15 is 0 Å². The number of nitrogens with zero attached hydrogens (tertiary/aromatic N) is 3. The first-order valence-corrected chi connectivity index (χ1v) is 6.75. The normalized spacial score (nSPS) is 15.6. The summed E-state index contributed by atoms with van der Waals surface area (Å²) in [7, 11) is 0. The first kappa shape index (κ1) is 12.7. The number of benzene rings is 1. The molecule has 1 aromatic heterocycles. The largest absolute Gasteiger partial charge is 0.396 e. The Morgan fingerprint density at radius 3 is 2.80 bits per heavy atom. The minimum atomic E-state index is -0.408. The number of nitro groups is 1. The van der Waals surface area contributed by atoms with Gasteiger partial charge in [-0.25, -0.2) is 4.68 Å². The quantitative estimate of drug-likeness (QED) is 0.687. The summed E-state index contributed by atoms with van der Waals surface area (Å²) in [6.45, 7) is 0. The van der Waals surface area contributed by atoms with E-state index in [1.165, 1.54) is 25.0 Å². The molecule has 0 bridgehead atoms. The highest BCUT2D eigenvalue weighted by molar-refractivity contribution is 5.48. The fourth-order valence-electron chi connectivity index (χ4n) is 2.80. The third kappa shape index (κ3) is 2.24. The van der Waals surface area contributed by atoms with Crippen LogP contribution in [0.3, 0.4) is 0 Å². The van der Waals surface area contributed by atoms with Gasteiger partial charge in [0, 0.05) is 18.1 Å². The van der Waals surface area contributed by atoms with Crippen LogP contribution < -0.4 is 5.73 Å². The van der Waals surface area contributed by atoms with Crippen LogP contribution in [0.25, 0.3) is 5.69 Å². The average molecular weight is 272 g/mol. The highest BCUT2D eigenvalue weighted by Gasteiger charge is 2.22. The van der Waals surface area contributed by atoms with E-state index in [4.69, 9.17) is 5.73 Å². The molecule has 0 amide bonds. The van der Waals surface area contributed by atoms with Crippen molar-refractivity contribution in [3.05, 3.63) is 46.3 Å². The molecule has 1 aromatic carbocycles. The summed E-state index contributed by atoms with van der Waals surface area (Å²) in [5, 5.41) is 15.3. The maximum absolute atomic E-state index is 10.8. The number of nitro benzene ring substituents is 1. The van der Waals surface area contributed by atoms with E-state index in [2.05, 4.69) is 5.10 Å². The van der Waals surface area contributed by atoms with E-state index in [1.807, 2.05) is 0 Å². The molecule has 104 valence electrons. The monoisotopic (exact) mass is 272 g/mol. The molecule has 1 aliphatic carbocycles. The molecule has 6 heteroatoms. The minimum absolute atomic E-state index is 0.0546. The Kier molecular flexibility index (Phi) is 3.14. The van der Waals surface area contributed by atoms with Gasteiger partial charge >= 0.3 is 0 Å². The van der Waals surface area contributed by atoms with E-state index in [0.29, 0.717) is 17.3 Å². The van der Waals surface area contributed by atoms with E-state index in [9.17, 15) is 10.1 Å². The highest BCUT2D eigenvalue weighted by Crippen LogP contribution is 2.36.